The molecule has 6 atom stereocenters. The van der Waals surface area contributed by atoms with Crippen molar-refractivity contribution in [3.05, 3.63) is 52.9 Å². The highest BCUT2D eigenvalue weighted by Gasteiger charge is 2.59. The standard InChI is InChI=1S/C22H23ClN4O5/c1-22(2)31-17-16(15-12-4-3-11(23)7-10(12)8-14(28)29-15)30-21(18(17)32-22)27-6-5-13-19(24)25-9-26-20(13)27/h3-7,9,14-18,21,28H,8H2,1-2H3,(H2,24,25,26)/t14?,15-,16?,17-,18-,21-/m1/s1. The number of nitrogen functional groups attached to an aromatic ring is 1. The van der Waals surface area contributed by atoms with E-state index in [0.717, 1.165) is 16.5 Å². The van der Waals surface area contributed by atoms with Gasteiger partial charge in [-0.3, -0.25) is 0 Å². The second kappa shape index (κ2) is 7.11. The molecule has 10 heteroatoms. The summed E-state index contributed by atoms with van der Waals surface area (Å²) in [5, 5.41) is 11.8. The van der Waals surface area contributed by atoms with Crippen molar-refractivity contribution >= 4 is 28.5 Å². The highest BCUT2D eigenvalue weighted by molar-refractivity contribution is 6.30. The van der Waals surface area contributed by atoms with Crippen LogP contribution in [0.5, 0.6) is 0 Å². The lowest BCUT2D eigenvalue weighted by molar-refractivity contribution is -0.232. The van der Waals surface area contributed by atoms with Gasteiger partial charge in [0, 0.05) is 17.6 Å². The molecule has 0 spiro atoms. The SMILES string of the molecule is CC1(C)O[C@@H]2[C@H](O1)C([C@@H]1OC(O)Cc3cc(Cl)ccc31)O[C@H]2n1ccc2c(N)ncnc21. The molecule has 168 valence electrons. The molecule has 3 aliphatic rings. The van der Waals surface area contributed by atoms with Gasteiger partial charge < -0.3 is 34.4 Å². The van der Waals surface area contributed by atoms with Crippen molar-refractivity contribution in [3.63, 3.8) is 0 Å². The van der Waals surface area contributed by atoms with E-state index in [4.69, 9.17) is 36.3 Å². The van der Waals surface area contributed by atoms with Gasteiger partial charge in [-0.1, -0.05) is 17.7 Å². The smallest absolute Gasteiger partial charge is 0.164 e. The van der Waals surface area contributed by atoms with Gasteiger partial charge >= 0.3 is 0 Å². The fraction of sp³-hybridized carbons (Fsp3) is 0.455. The zero-order valence-electron chi connectivity index (χ0n) is 17.5. The molecule has 9 nitrogen and oxygen atoms in total. The van der Waals surface area contributed by atoms with Crippen LogP contribution in [-0.2, 0) is 25.4 Å². The Balaban J connectivity index is 1.43. The van der Waals surface area contributed by atoms with Crippen LogP contribution in [0.4, 0.5) is 5.82 Å². The molecule has 5 heterocycles. The molecule has 1 aromatic carbocycles. The van der Waals surface area contributed by atoms with Gasteiger partial charge in [0.15, 0.2) is 18.3 Å². The number of aliphatic hydroxyl groups excluding tert-OH is 1. The van der Waals surface area contributed by atoms with E-state index in [-0.39, 0.29) is 0 Å². The van der Waals surface area contributed by atoms with E-state index in [2.05, 4.69) is 9.97 Å². The van der Waals surface area contributed by atoms with Crippen molar-refractivity contribution in [1.29, 1.82) is 0 Å². The minimum Gasteiger partial charge on any atom is -0.383 e. The van der Waals surface area contributed by atoms with E-state index in [1.807, 2.05) is 48.9 Å². The van der Waals surface area contributed by atoms with Gasteiger partial charge in [0.25, 0.3) is 0 Å². The van der Waals surface area contributed by atoms with Crippen LogP contribution in [0.15, 0.2) is 36.8 Å². The molecule has 0 radical (unpaired) electrons. The molecular weight excluding hydrogens is 436 g/mol. The molecule has 0 aliphatic carbocycles. The second-order valence-corrected chi connectivity index (χ2v) is 9.27. The third kappa shape index (κ3) is 3.12. The Labute approximate surface area is 189 Å². The molecule has 6 rings (SSSR count). The predicted octanol–water partition coefficient (Wildman–Crippen LogP) is 2.72. The molecule has 2 aromatic heterocycles. The first kappa shape index (κ1) is 20.3. The third-order valence-electron chi connectivity index (χ3n) is 6.29. The first-order valence-electron chi connectivity index (χ1n) is 10.5. The third-order valence-corrected chi connectivity index (χ3v) is 6.52. The Morgan fingerprint density at radius 3 is 2.78 bits per heavy atom. The van der Waals surface area contributed by atoms with Crippen molar-refractivity contribution in [2.24, 2.45) is 0 Å². The van der Waals surface area contributed by atoms with Crippen molar-refractivity contribution in [3.8, 4) is 0 Å². The van der Waals surface area contributed by atoms with E-state index in [1.165, 1.54) is 6.33 Å². The Morgan fingerprint density at radius 1 is 1.12 bits per heavy atom. The Kier molecular flexibility index (Phi) is 4.52. The highest BCUT2D eigenvalue weighted by Crippen LogP contribution is 2.49. The van der Waals surface area contributed by atoms with E-state index >= 15 is 0 Å². The molecular formula is C22H23ClN4O5. The summed E-state index contributed by atoms with van der Waals surface area (Å²) >= 11 is 6.19. The molecule has 2 fully saturated rings. The van der Waals surface area contributed by atoms with Crippen LogP contribution in [0.25, 0.3) is 11.0 Å². The molecule has 0 bridgehead atoms. The van der Waals surface area contributed by atoms with E-state index < -0.39 is 42.7 Å². The van der Waals surface area contributed by atoms with Crippen LogP contribution in [0.3, 0.4) is 0 Å². The number of rotatable bonds is 2. The molecule has 3 aromatic rings. The zero-order valence-corrected chi connectivity index (χ0v) is 18.3. The minimum atomic E-state index is -0.970. The van der Waals surface area contributed by atoms with Gasteiger partial charge in [-0.25, -0.2) is 9.97 Å². The Bertz CT molecular complexity index is 1200. The maximum atomic E-state index is 10.4. The fourth-order valence-electron chi connectivity index (χ4n) is 5.03. The molecule has 32 heavy (non-hydrogen) atoms. The van der Waals surface area contributed by atoms with E-state index in [1.54, 1.807) is 0 Å². The molecule has 2 unspecified atom stereocenters. The number of hydrogen-bond acceptors (Lipinski definition) is 8. The topological polar surface area (TPSA) is 114 Å². The van der Waals surface area contributed by atoms with Crippen molar-refractivity contribution in [2.75, 3.05) is 5.73 Å². The second-order valence-electron chi connectivity index (χ2n) is 8.83. The maximum Gasteiger partial charge on any atom is 0.164 e. The fourth-order valence-corrected chi connectivity index (χ4v) is 5.23. The van der Waals surface area contributed by atoms with Crippen LogP contribution < -0.4 is 5.73 Å². The number of aliphatic hydroxyl groups is 1. The summed E-state index contributed by atoms with van der Waals surface area (Å²) in [6.45, 7) is 3.75. The van der Waals surface area contributed by atoms with Crippen LogP contribution in [0, 0.1) is 0 Å². The van der Waals surface area contributed by atoms with Crippen molar-refractivity contribution < 1.29 is 24.1 Å². The highest BCUT2D eigenvalue weighted by atomic mass is 35.5. The van der Waals surface area contributed by atoms with Crippen LogP contribution in [-0.4, -0.2) is 50.0 Å². The Hall–Kier alpha value is -2.27. The monoisotopic (exact) mass is 458 g/mol. The predicted molar refractivity (Wildman–Crippen MR) is 115 cm³/mol. The number of hydrogen-bond donors (Lipinski definition) is 2. The van der Waals surface area contributed by atoms with Crippen molar-refractivity contribution in [1.82, 2.24) is 14.5 Å². The van der Waals surface area contributed by atoms with Crippen LogP contribution in [0.1, 0.15) is 37.3 Å². The number of halogens is 1. The van der Waals surface area contributed by atoms with Gasteiger partial charge in [-0.15, -0.1) is 0 Å². The summed E-state index contributed by atoms with van der Waals surface area (Å²) in [7, 11) is 0. The number of nitrogens with two attached hydrogens (primary N) is 1. The van der Waals surface area contributed by atoms with Gasteiger partial charge in [-0.05, 0) is 43.2 Å². The van der Waals surface area contributed by atoms with Gasteiger partial charge in [0.2, 0.25) is 0 Å². The van der Waals surface area contributed by atoms with E-state index in [0.29, 0.717) is 22.9 Å². The van der Waals surface area contributed by atoms with Gasteiger partial charge in [0.1, 0.15) is 42.2 Å². The normalized spacial score (nSPS) is 33.4. The van der Waals surface area contributed by atoms with Crippen molar-refractivity contribution in [2.45, 2.75) is 63.0 Å². The average Bonchev–Trinajstić information content (AvgIpc) is 3.38. The van der Waals surface area contributed by atoms with Crippen LogP contribution in [0.2, 0.25) is 5.02 Å². The zero-order chi connectivity index (χ0) is 22.2. The molecule has 0 saturated carbocycles. The summed E-state index contributed by atoms with van der Waals surface area (Å²) in [4.78, 5) is 8.47. The molecule has 3 N–H and O–H groups in total. The van der Waals surface area contributed by atoms with Crippen LogP contribution >= 0.6 is 11.6 Å². The number of benzene rings is 1. The van der Waals surface area contributed by atoms with Gasteiger partial charge in [-0.2, -0.15) is 0 Å². The largest absolute Gasteiger partial charge is 0.383 e. The summed E-state index contributed by atoms with van der Waals surface area (Å²) < 4.78 is 26.9. The lowest BCUT2D eigenvalue weighted by atomic mass is 9.91. The first-order valence-corrected chi connectivity index (χ1v) is 10.9. The molecule has 0 amide bonds. The maximum absolute atomic E-state index is 10.4. The first-order chi connectivity index (χ1) is 15.3. The molecule has 2 saturated heterocycles. The lowest BCUT2D eigenvalue weighted by Gasteiger charge is -2.35. The summed E-state index contributed by atoms with van der Waals surface area (Å²) in [5.74, 6) is -0.406. The van der Waals surface area contributed by atoms with Gasteiger partial charge in [0.05, 0.1) is 5.39 Å². The number of fused-ring (bicyclic) bond motifs is 3. The summed E-state index contributed by atoms with van der Waals surface area (Å²) in [5.41, 5.74) is 8.51. The molecule has 3 aliphatic heterocycles. The number of nitrogens with zero attached hydrogens (tertiary/aromatic N) is 3. The number of anilines is 1. The lowest BCUT2D eigenvalue weighted by Crippen LogP contribution is -2.39. The summed E-state index contributed by atoms with van der Waals surface area (Å²) in [6, 6.07) is 7.44. The summed E-state index contributed by atoms with van der Waals surface area (Å²) in [6.07, 6.45) is 0.219. The number of aromatic nitrogens is 3. The minimum absolute atomic E-state index is 0.359. The number of ether oxygens (including phenoxy) is 4. The Morgan fingerprint density at radius 2 is 1.94 bits per heavy atom. The average molecular weight is 459 g/mol. The van der Waals surface area contributed by atoms with E-state index in [9.17, 15) is 5.11 Å². The quantitative estimate of drug-likeness (QED) is 0.602.